The maximum atomic E-state index is 15.4. The number of hydrogen-bond acceptors (Lipinski definition) is 13. The number of Topliss-reactive ketones (excluding diaryl/α,β-unsaturated/α-hetero) is 3. The standard InChI is InChI=1S/C57H65FN6O12/c1-5-57(75)42-25-46-51-40(29-64(46)55(73)41(42)30-76-56(57)74)50-44(19-18-39-33(4)43(58)26-45(61-51)49(39)50)62-52(70)31(2)15-16-37(66)27-60-53(71)35(23-34-12-8-6-9-13-34)24-38(67)28-59-47(68)20-17-36(65)14-10-7-11-21-63-48(69)22-32(3)54(63)72/h6,8-9,12-13,25-26,31-32,35,44,75H,5,7,10-11,14-24,27-30H2,1-4H3,(H,59,68)(H,60,71)(H,62,70)/t31-,32?,35-,44+,57+/m1/s1. The first-order chi connectivity index (χ1) is 36.3. The van der Waals surface area contributed by atoms with Crippen LogP contribution >= 0.6 is 0 Å². The number of carbonyl (C=O) groups is 9. The van der Waals surface area contributed by atoms with E-state index in [-0.39, 0.29) is 130 Å². The number of nitrogens with zero attached hydrogens (tertiary/aromatic N) is 3. The number of ketones is 3. The maximum Gasteiger partial charge on any atom is 0.343 e. The normalized spacial score (nSPS) is 19.1. The van der Waals surface area contributed by atoms with Crippen molar-refractivity contribution < 1.29 is 57.4 Å². The van der Waals surface area contributed by atoms with Gasteiger partial charge < -0.3 is 30.4 Å². The van der Waals surface area contributed by atoms with Gasteiger partial charge in [-0.3, -0.25) is 48.1 Å². The van der Waals surface area contributed by atoms with Gasteiger partial charge in [0.25, 0.3) is 5.56 Å². The van der Waals surface area contributed by atoms with Crippen LogP contribution in [0.25, 0.3) is 22.3 Å². The first-order valence-corrected chi connectivity index (χ1v) is 26.4. The molecule has 5 amide bonds. The summed E-state index contributed by atoms with van der Waals surface area (Å²) >= 11 is 0. The average Bonchev–Trinajstić information content (AvgIpc) is 3.98. The first-order valence-electron chi connectivity index (χ1n) is 26.4. The van der Waals surface area contributed by atoms with Crippen molar-refractivity contribution in [2.45, 2.75) is 142 Å². The van der Waals surface area contributed by atoms with Crippen LogP contribution in [-0.4, -0.2) is 92.0 Å². The van der Waals surface area contributed by atoms with E-state index < -0.39 is 58.4 Å². The molecule has 0 radical (unpaired) electrons. The van der Waals surface area contributed by atoms with Crippen LogP contribution in [0.5, 0.6) is 0 Å². The number of amides is 5. The third-order valence-corrected chi connectivity index (χ3v) is 15.5. The molecule has 1 unspecified atom stereocenters. The molecule has 402 valence electrons. The highest BCUT2D eigenvalue weighted by Gasteiger charge is 2.46. The molecule has 4 aliphatic rings. The number of esters is 1. The zero-order valence-corrected chi connectivity index (χ0v) is 43.4. The van der Waals surface area contributed by atoms with Gasteiger partial charge in [0.05, 0.1) is 48.1 Å². The van der Waals surface area contributed by atoms with Gasteiger partial charge in [-0.1, -0.05) is 57.5 Å². The van der Waals surface area contributed by atoms with Gasteiger partial charge in [0.15, 0.2) is 17.2 Å². The van der Waals surface area contributed by atoms with Crippen molar-refractivity contribution in [3.8, 4) is 11.4 Å². The molecule has 4 N–H and O–H groups in total. The molecule has 0 bridgehead atoms. The number of aliphatic hydroxyl groups is 1. The number of rotatable bonds is 24. The number of hydrogen-bond donors (Lipinski definition) is 4. The van der Waals surface area contributed by atoms with E-state index in [0.717, 1.165) is 11.1 Å². The lowest BCUT2D eigenvalue weighted by Crippen LogP contribution is -2.44. The van der Waals surface area contributed by atoms with Crippen LogP contribution in [0.4, 0.5) is 4.39 Å². The van der Waals surface area contributed by atoms with Gasteiger partial charge in [0.1, 0.15) is 18.2 Å². The van der Waals surface area contributed by atoms with Gasteiger partial charge in [-0.15, -0.1) is 0 Å². The predicted octanol–water partition coefficient (Wildman–Crippen LogP) is 4.97. The van der Waals surface area contributed by atoms with E-state index >= 15 is 4.39 Å². The molecule has 5 heterocycles. The number of cyclic esters (lactones) is 1. The number of carbonyl (C=O) groups excluding carboxylic acids is 9. The van der Waals surface area contributed by atoms with E-state index in [2.05, 4.69) is 16.0 Å². The van der Waals surface area contributed by atoms with Crippen LogP contribution in [0.2, 0.25) is 0 Å². The van der Waals surface area contributed by atoms with Crippen molar-refractivity contribution in [1.82, 2.24) is 30.4 Å². The lowest BCUT2D eigenvalue weighted by atomic mass is 9.81. The Morgan fingerprint density at radius 3 is 2.37 bits per heavy atom. The fourth-order valence-electron chi connectivity index (χ4n) is 11.0. The average molecular weight is 1050 g/mol. The van der Waals surface area contributed by atoms with Crippen LogP contribution in [0.15, 0.2) is 47.3 Å². The Balaban J connectivity index is 0.833. The molecule has 3 aliphatic heterocycles. The van der Waals surface area contributed by atoms with Crippen molar-refractivity contribution in [2.24, 2.45) is 17.8 Å². The molecule has 76 heavy (non-hydrogen) atoms. The largest absolute Gasteiger partial charge is 0.458 e. The number of likely N-dealkylation sites (tertiary alicyclic amines) is 1. The number of aromatic nitrogens is 2. The molecule has 4 aromatic rings. The van der Waals surface area contributed by atoms with Crippen LogP contribution in [0.3, 0.4) is 0 Å². The molecule has 1 fully saturated rings. The number of imide groups is 1. The summed E-state index contributed by atoms with van der Waals surface area (Å²) in [6, 6.07) is 11.4. The minimum atomic E-state index is -2.04. The maximum absolute atomic E-state index is 15.4. The smallest absolute Gasteiger partial charge is 0.343 e. The van der Waals surface area contributed by atoms with Crippen molar-refractivity contribution in [3.63, 3.8) is 0 Å². The zero-order chi connectivity index (χ0) is 54.6. The summed E-state index contributed by atoms with van der Waals surface area (Å²) in [7, 11) is 0. The number of pyridine rings is 2. The Morgan fingerprint density at radius 2 is 1.64 bits per heavy atom. The number of fused-ring (bicyclic) bond motifs is 5. The van der Waals surface area contributed by atoms with Crippen molar-refractivity contribution >= 4 is 63.8 Å². The number of nitrogens with one attached hydrogen (secondary N) is 3. The Hall–Kier alpha value is -7.28. The molecule has 18 nitrogen and oxygen atoms in total. The summed E-state index contributed by atoms with van der Waals surface area (Å²) in [6.07, 6.45) is 3.00. The van der Waals surface area contributed by atoms with Crippen LogP contribution in [-0.2, 0) is 79.5 Å². The third kappa shape index (κ3) is 11.6. The highest BCUT2D eigenvalue weighted by molar-refractivity contribution is 6.03. The summed E-state index contributed by atoms with van der Waals surface area (Å²) in [4.78, 5) is 136. The molecule has 2 aromatic heterocycles. The topological polar surface area (TPSA) is 257 Å². The van der Waals surface area contributed by atoms with Gasteiger partial charge in [0.2, 0.25) is 29.5 Å². The van der Waals surface area contributed by atoms with Gasteiger partial charge in [-0.05, 0) is 80.2 Å². The second-order valence-electron chi connectivity index (χ2n) is 20.9. The second-order valence-corrected chi connectivity index (χ2v) is 20.9. The summed E-state index contributed by atoms with van der Waals surface area (Å²) < 4.78 is 22.2. The van der Waals surface area contributed by atoms with Gasteiger partial charge in [-0.2, -0.15) is 0 Å². The number of ether oxygens (including phenoxy) is 1. The summed E-state index contributed by atoms with van der Waals surface area (Å²) in [5.41, 5.74) is 2.21. The molecule has 19 heteroatoms. The lowest BCUT2D eigenvalue weighted by molar-refractivity contribution is -0.172. The van der Waals surface area contributed by atoms with Crippen molar-refractivity contribution in [3.05, 3.63) is 97.6 Å². The van der Waals surface area contributed by atoms with E-state index in [1.165, 1.54) is 15.5 Å². The van der Waals surface area contributed by atoms with Crippen LogP contribution < -0.4 is 21.5 Å². The molecule has 1 aliphatic carbocycles. The minimum absolute atomic E-state index is 0.0106. The third-order valence-electron chi connectivity index (χ3n) is 15.5. The fraction of sp³-hybridized carbons (Fsp3) is 0.491. The minimum Gasteiger partial charge on any atom is -0.458 e. The predicted molar refractivity (Wildman–Crippen MR) is 274 cm³/mol. The quantitative estimate of drug-likeness (QED) is 0.0362. The Morgan fingerprint density at radius 1 is 0.895 bits per heavy atom. The van der Waals surface area contributed by atoms with E-state index in [9.17, 15) is 53.1 Å². The molecule has 1 saturated heterocycles. The van der Waals surface area contributed by atoms with Crippen molar-refractivity contribution in [2.75, 3.05) is 19.6 Å². The zero-order valence-electron chi connectivity index (χ0n) is 43.4. The molecule has 8 rings (SSSR count). The number of aryl methyl sites for hydroxylation is 1. The number of halogens is 1. The first kappa shape index (κ1) is 55.0. The Bertz CT molecular complexity index is 3100. The fourth-order valence-corrected chi connectivity index (χ4v) is 11.0. The molecule has 0 saturated carbocycles. The Labute approximate surface area is 438 Å². The number of unbranched alkanes of at least 4 members (excludes halogenated alkanes) is 2. The summed E-state index contributed by atoms with van der Waals surface area (Å²) in [5, 5.41) is 20.5. The summed E-state index contributed by atoms with van der Waals surface area (Å²) in [6.45, 7) is 6.13. The summed E-state index contributed by atoms with van der Waals surface area (Å²) in [5.74, 6) is -5.70. The SMILES string of the molecule is CC[C@@]1(O)C(=O)OCc2c1cc1n(c2=O)Cc2c-1nc1cc(F)c(C)c3c1c2[C@@H](NC(=O)[C@H](C)CCC(=O)CNC(=O)[C@@H](CC(=O)CNC(=O)CCC(=O)CCCCCN1C(=O)CC(C)C1=O)Cc1ccccc1)CC3. The molecular formula is C57H65FN6O12. The Kier molecular flexibility index (Phi) is 16.9. The molecule has 0 spiro atoms. The second kappa shape index (κ2) is 23.3. The van der Waals surface area contributed by atoms with Crippen molar-refractivity contribution in [1.29, 1.82) is 0 Å². The highest BCUT2D eigenvalue weighted by atomic mass is 19.1. The molecule has 5 atom stereocenters. The van der Waals surface area contributed by atoms with E-state index in [1.807, 2.05) is 18.2 Å². The molecule has 2 aromatic carbocycles. The highest BCUT2D eigenvalue weighted by Crippen LogP contribution is 2.46. The van der Waals surface area contributed by atoms with Gasteiger partial charge >= 0.3 is 5.97 Å². The van der Waals surface area contributed by atoms with Gasteiger partial charge in [0, 0.05) is 85.4 Å². The van der Waals surface area contributed by atoms with Gasteiger partial charge in [-0.25, -0.2) is 14.2 Å². The van der Waals surface area contributed by atoms with Crippen LogP contribution in [0.1, 0.15) is 143 Å². The number of benzene rings is 2. The van der Waals surface area contributed by atoms with Crippen LogP contribution in [0, 0.1) is 30.5 Å². The lowest BCUT2D eigenvalue weighted by Gasteiger charge is -2.31. The van der Waals surface area contributed by atoms with E-state index in [4.69, 9.17) is 9.72 Å². The van der Waals surface area contributed by atoms with E-state index in [1.54, 1.807) is 45.9 Å². The van der Waals surface area contributed by atoms with E-state index in [0.29, 0.717) is 77.6 Å². The molecular weight excluding hydrogens is 980 g/mol. The monoisotopic (exact) mass is 1040 g/mol.